The molecule has 1 aromatic carbocycles. The second kappa shape index (κ2) is 3.75. The molecule has 0 N–H and O–H groups in total. The lowest BCUT2D eigenvalue weighted by molar-refractivity contribution is 0.542. The zero-order valence-electron chi connectivity index (χ0n) is 8.62. The molecule has 0 radical (unpaired) electrons. The molecule has 0 saturated carbocycles. The van der Waals surface area contributed by atoms with Crippen LogP contribution in [-0.2, 0) is 14.1 Å². The molecule has 0 bridgehead atoms. The van der Waals surface area contributed by atoms with Crippen LogP contribution in [0.5, 0.6) is 0 Å². The van der Waals surface area contributed by atoms with E-state index >= 15 is 0 Å². The lowest BCUT2D eigenvalue weighted by Crippen LogP contribution is -2.35. The van der Waals surface area contributed by atoms with Crippen molar-refractivity contribution in [2.24, 2.45) is 14.1 Å². The average molecular weight is 304 g/mol. The number of hydrogen-bond donors (Lipinski definition) is 0. The Morgan fingerprint density at radius 2 is 1.69 bits per heavy atom. The summed E-state index contributed by atoms with van der Waals surface area (Å²) in [5.41, 5.74) is -0.485. The quantitative estimate of drug-likeness (QED) is 0.743. The van der Waals surface area contributed by atoms with Gasteiger partial charge >= 0.3 is 0 Å². The first-order valence-electron chi connectivity index (χ1n) is 4.48. The molecule has 0 spiro atoms. The fourth-order valence-electron chi connectivity index (χ4n) is 1.57. The van der Waals surface area contributed by atoms with Crippen molar-refractivity contribution in [2.75, 3.05) is 0 Å². The molecule has 16 heavy (non-hydrogen) atoms. The van der Waals surface area contributed by atoms with E-state index < -0.39 is 0 Å². The van der Waals surface area contributed by atoms with Crippen molar-refractivity contribution in [3.63, 3.8) is 0 Å². The van der Waals surface area contributed by atoms with Gasteiger partial charge in [-0.15, -0.1) is 0 Å². The molecule has 0 saturated heterocycles. The van der Waals surface area contributed by atoms with E-state index in [0.717, 1.165) is 0 Å². The maximum absolute atomic E-state index is 12.0. The van der Waals surface area contributed by atoms with Gasteiger partial charge in [0.2, 0.25) is 0 Å². The van der Waals surface area contributed by atoms with Crippen LogP contribution in [-0.4, -0.2) is 9.36 Å². The summed E-state index contributed by atoms with van der Waals surface area (Å²) >= 11 is 9.10. The number of halogens is 2. The molecule has 84 valence electrons. The molecule has 0 aliphatic carbocycles. The number of aromatic nitrogens is 2. The Bertz CT molecular complexity index is 703. The molecule has 0 atom stereocenters. The highest BCUT2D eigenvalue weighted by molar-refractivity contribution is 9.10. The van der Waals surface area contributed by atoms with Crippen LogP contribution in [0.15, 0.2) is 26.2 Å². The van der Waals surface area contributed by atoms with Crippen LogP contribution in [0, 0.1) is 0 Å². The predicted octanol–water partition coefficient (Wildman–Crippen LogP) is 1.65. The van der Waals surface area contributed by atoms with E-state index in [-0.39, 0.29) is 11.1 Å². The molecular weight excluding hydrogens is 295 g/mol. The lowest BCUT2D eigenvalue weighted by Gasteiger charge is -2.09. The third kappa shape index (κ3) is 1.51. The smallest absolute Gasteiger partial charge is 0.267 e. The van der Waals surface area contributed by atoms with E-state index in [1.165, 1.54) is 22.5 Å². The summed E-state index contributed by atoms with van der Waals surface area (Å²) in [5, 5.41) is 1.10. The monoisotopic (exact) mass is 302 g/mol. The normalized spacial score (nSPS) is 11.0. The van der Waals surface area contributed by atoms with Crippen molar-refractivity contribution < 1.29 is 0 Å². The lowest BCUT2D eigenvalue weighted by atomic mass is 10.2. The third-order valence-electron chi connectivity index (χ3n) is 2.54. The van der Waals surface area contributed by atoms with Gasteiger partial charge in [0.1, 0.15) is 0 Å². The number of fused-ring (bicyclic) bond motifs is 1. The second-order valence-electron chi connectivity index (χ2n) is 3.47. The Hall–Kier alpha value is -1.07. The molecule has 0 aliphatic rings. The molecule has 0 aliphatic heterocycles. The summed E-state index contributed by atoms with van der Waals surface area (Å²) < 4.78 is 3.06. The minimum atomic E-state index is -0.250. The SMILES string of the molecule is Cn1c(=O)c2cc(Cl)cc(Br)c2c(=O)n1C. The van der Waals surface area contributed by atoms with Crippen LogP contribution >= 0.6 is 27.5 Å². The van der Waals surface area contributed by atoms with Gasteiger partial charge in [0.25, 0.3) is 11.1 Å². The topological polar surface area (TPSA) is 44.0 Å². The van der Waals surface area contributed by atoms with E-state index in [1.54, 1.807) is 13.1 Å². The van der Waals surface area contributed by atoms with Gasteiger partial charge in [0, 0.05) is 23.6 Å². The highest BCUT2D eigenvalue weighted by Gasteiger charge is 2.12. The fraction of sp³-hybridized carbons (Fsp3) is 0.200. The van der Waals surface area contributed by atoms with Crippen LogP contribution in [0.1, 0.15) is 0 Å². The molecule has 4 nitrogen and oxygen atoms in total. The van der Waals surface area contributed by atoms with Gasteiger partial charge in [-0.05, 0) is 28.1 Å². The third-order valence-corrected chi connectivity index (χ3v) is 3.38. The van der Waals surface area contributed by atoms with Crippen molar-refractivity contribution >= 4 is 38.3 Å². The molecule has 1 aromatic heterocycles. The van der Waals surface area contributed by atoms with Gasteiger partial charge in [-0.1, -0.05) is 11.6 Å². The summed E-state index contributed by atoms with van der Waals surface area (Å²) in [6.45, 7) is 0. The zero-order valence-corrected chi connectivity index (χ0v) is 11.0. The Kier molecular flexibility index (Phi) is 2.67. The Balaban J connectivity index is 3.22. The van der Waals surface area contributed by atoms with E-state index in [9.17, 15) is 9.59 Å². The largest absolute Gasteiger partial charge is 0.274 e. The first kappa shape index (κ1) is 11.4. The summed E-state index contributed by atoms with van der Waals surface area (Å²) in [4.78, 5) is 23.9. The number of hydrogen-bond acceptors (Lipinski definition) is 2. The minimum absolute atomic E-state index is 0.236. The highest BCUT2D eigenvalue weighted by atomic mass is 79.9. The number of rotatable bonds is 0. The fourth-order valence-corrected chi connectivity index (χ4v) is 2.55. The maximum Gasteiger partial charge on any atom is 0.274 e. The average Bonchev–Trinajstić information content (AvgIpc) is 2.22. The molecule has 2 rings (SSSR count). The summed E-state index contributed by atoms with van der Waals surface area (Å²) in [7, 11) is 3.09. The molecule has 2 aromatic rings. The van der Waals surface area contributed by atoms with E-state index in [4.69, 9.17) is 11.6 Å². The molecule has 1 heterocycles. The Morgan fingerprint density at radius 1 is 1.12 bits per heavy atom. The van der Waals surface area contributed by atoms with Gasteiger partial charge in [-0.3, -0.25) is 19.0 Å². The molecule has 0 fully saturated rings. The maximum atomic E-state index is 12.0. The van der Waals surface area contributed by atoms with Gasteiger partial charge in [0.15, 0.2) is 0 Å². The molecule has 0 amide bonds. The second-order valence-corrected chi connectivity index (χ2v) is 4.76. The first-order chi connectivity index (χ1) is 7.43. The number of benzene rings is 1. The molecule has 0 unspecified atom stereocenters. The van der Waals surface area contributed by atoms with Crippen molar-refractivity contribution in [1.29, 1.82) is 0 Å². The van der Waals surface area contributed by atoms with Gasteiger partial charge in [-0.2, -0.15) is 0 Å². The van der Waals surface area contributed by atoms with Crippen LogP contribution in [0.4, 0.5) is 0 Å². The van der Waals surface area contributed by atoms with Crippen molar-refractivity contribution in [1.82, 2.24) is 9.36 Å². The summed E-state index contributed by atoms with van der Waals surface area (Å²) in [5.74, 6) is 0. The van der Waals surface area contributed by atoms with E-state index in [2.05, 4.69) is 15.9 Å². The molecule has 6 heteroatoms. The van der Waals surface area contributed by atoms with E-state index in [1.807, 2.05) is 0 Å². The first-order valence-corrected chi connectivity index (χ1v) is 5.65. The highest BCUT2D eigenvalue weighted by Crippen LogP contribution is 2.23. The number of nitrogens with zero attached hydrogens (tertiary/aromatic N) is 2. The van der Waals surface area contributed by atoms with Crippen LogP contribution in [0.2, 0.25) is 5.02 Å². The Labute approximate surface area is 104 Å². The zero-order chi connectivity index (χ0) is 12.0. The van der Waals surface area contributed by atoms with Crippen LogP contribution in [0.3, 0.4) is 0 Å². The minimum Gasteiger partial charge on any atom is -0.267 e. The van der Waals surface area contributed by atoms with Crippen molar-refractivity contribution in [2.45, 2.75) is 0 Å². The van der Waals surface area contributed by atoms with Gasteiger partial charge in [0.05, 0.1) is 10.8 Å². The van der Waals surface area contributed by atoms with Crippen molar-refractivity contribution in [3.8, 4) is 0 Å². The molecular formula is C10H8BrClN2O2. The van der Waals surface area contributed by atoms with Gasteiger partial charge < -0.3 is 0 Å². The van der Waals surface area contributed by atoms with E-state index in [0.29, 0.717) is 20.3 Å². The van der Waals surface area contributed by atoms with Crippen molar-refractivity contribution in [3.05, 3.63) is 42.3 Å². The summed E-state index contributed by atoms with van der Waals surface area (Å²) in [6.07, 6.45) is 0. The predicted molar refractivity (Wildman–Crippen MR) is 67.1 cm³/mol. The summed E-state index contributed by atoms with van der Waals surface area (Å²) in [6, 6.07) is 3.11. The Morgan fingerprint density at radius 3 is 2.31 bits per heavy atom. The standard InChI is InChI=1S/C10H8BrClN2O2/c1-13-9(15)6-3-5(12)4-7(11)8(6)10(16)14(13)2/h3-4H,1-2H3. The van der Waals surface area contributed by atoms with Gasteiger partial charge in [-0.25, -0.2) is 0 Å². The van der Waals surface area contributed by atoms with Crippen LogP contribution in [0.25, 0.3) is 10.8 Å². The van der Waals surface area contributed by atoms with Crippen LogP contribution < -0.4 is 11.1 Å².